The number of aryl methyl sites for hydroxylation is 1. The summed E-state index contributed by atoms with van der Waals surface area (Å²) in [6, 6.07) is 13.0. The molecule has 0 aliphatic carbocycles. The van der Waals surface area contributed by atoms with Gasteiger partial charge in [0, 0.05) is 22.3 Å². The summed E-state index contributed by atoms with van der Waals surface area (Å²) in [6.07, 6.45) is 0.302. The standard InChI is InChI=1S/C17H14Cl2N2O/c1-10-13(12-4-2-3-5-16(12)20-10)9-17(22)21-11-6-7-14(18)15(19)8-11/h2-8,20H,9H2,1H3,(H,21,22). The van der Waals surface area contributed by atoms with E-state index >= 15 is 0 Å². The number of para-hydroxylation sites is 1. The quantitative estimate of drug-likeness (QED) is 0.699. The lowest BCUT2D eigenvalue weighted by atomic mass is 10.1. The lowest BCUT2D eigenvalue weighted by molar-refractivity contribution is -0.115. The number of fused-ring (bicyclic) bond motifs is 1. The molecule has 3 nitrogen and oxygen atoms in total. The van der Waals surface area contributed by atoms with Gasteiger partial charge in [-0.2, -0.15) is 0 Å². The zero-order valence-electron chi connectivity index (χ0n) is 11.9. The van der Waals surface area contributed by atoms with Crippen molar-refractivity contribution >= 4 is 45.7 Å². The minimum Gasteiger partial charge on any atom is -0.358 e. The molecule has 0 unspecified atom stereocenters. The molecule has 0 atom stereocenters. The number of nitrogens with one attached hydrogen (secondary N) is 2. The monoisotopic (exact) mass is 332 g/mol. The first-order valence-corrected chi connectivity index (χ1v) is 7.61. The fourth-order valence-corrected chi connectivity index (χ4v) is 2.80. The minimum absolute atomic E-state index is 0.0914. The van der Waals surface area contributed by atoms with Crippen LogP contribution in [0.4, 0.5) is 5.69 Å². The van der Waals surface area contributed by atoms with Gasteiger partial charge in [-0.3, -0.25) is 4.79 Å². The fraction of sp³-hybridized carbons (Fsp3) is 0.118. The third-order valence-electron chi connectivity index (χ3n) is 3.57. The molecule has 0 spiro atoms. The average Bonchev–Trinajstić information content (AvgIpc) is 2.79. The van der Waals surface area contributed by atoms with E-state index in [1.54, 1.807) is 18.2 Å². The maximum absolute atomic E-state index is 12.3. The van der Waals surface area contributed by atoms with Gasteiger partial charge in [0.2, 0.25) is 5.91 Å². The van der Waals surface area contributed by atoms with Gasteiger partial charge < -0.3 is 10.3 Å². The number of rotatable bonds is 3. The highest BCUT2D eigenvalue weighted by molar-refractivity contribution is 6.42. The number of aromatic nitrogens is 1. The summed E-state index contributed by atoms with van der Waals surface area (Å²) in [6.45, 7) is 1.97. The number of aromatic amines is 1. The molecular weight excluding hydrogens is 319 g/mol. The minimum atomic E-state index is -0.0914. The van der Waals surface area contributed by atoms with Crippen LogP contribution in [-0.2, 0) is 11.2 Å². The van der Waals surface area contributed by atoms with Crippen LogP contribution in [-0.4, -0.2) is 10.9 Å². The van der Waals surface area contributed by atoms with Crippen molar-refractivity contribution in [2.24, 2.45) is 0 Å². The van der Waals surface area contributed by atoms with Crippen molar-refractivity contribution in [3.63, 3.8) is 0 Å². The predicted molar refractivity (Wildman–Crippen MR) is 91.8 cm³/mol. The second kappa shape index (κ2) is 6.03. The van der Waals surface area contributed by atoms with E-state index in [1.807, 2.05) is 31.2 Å². The highest BCUT2D eigenvalue weighted by atomic mass is 35.5. The predicted octanol–water partition coefficient (Wildman–Crippen LogP) is 4.96. The Morgan fingerprint density at radius 1 is 1.14 bits per heavy atom. The molecule has 112 valence electrons. The highest BCUT2D eigenvalue weighted by Crippen LogP contribution is 2.26. The summed E-state index contributed by atoms with van der Waals surface area (Å²) in [5.41, 5.74) is 3.69. The number of benzene rings is 2. The van der Waals surface area contributed by atoms with Crippen molar-refractivity contribution in [3.8, 4) is 0 Å². The normalized spacial score (nSPS) is 10.9. The number of anilines is 1. The van der Waals surface area contributed by atoms with Crippen LogP contribution < -0.4 is 5.32 Å². The van der Waals surface area contributed by atoms with E-state index in [0.29, 0.717) is 22.2 Å². The molecular formula is C17H14Cl2N2O. The van der Waals surface area contributed by atoms with Crippen molar-refractivity contribution in [1.29, 1.82) is 0 Å². The van der Waals surface area contributed by atoms with Crippen LogP contribution >= 0.6 is 23.2 Å². The van der Waals surface area contributed by atoms with Crippen LogP contribution in [0.25, 0.3) is 10.9 Å². The Morgan fingerprint density at radius 3 is 2.68 bits per heavy atom. The largest absolute Gasteiger partial charge is 0.358 e. The topological polar surface area (TPSA) is 44.9 Å². The number of halogens is 2. The lowest BCUT2D eigenvalue weighted by Crippen LogP contribution is -2.14. The Bertz CT molecular complexity index is 855. The summed E-state index contributed by atoms with van der Waals surface area (Å²) in [7, 11) is 0. The van der Waals surface area contributed by atoms with E-state index in [-0.39, 0.29) is 5.91 Å². The molecule has 0 fully saturated rings. The Labute approximate surface area is 138 Å². The lowest BCUT2D eigenvalue weighted by Gasteiger charge is -2.07. The molecule has 2 N–H and O–H groups in total. The molecule has 0 saturated heterocycles. The van der Waals surface area contributed by atoms with Crippen molar-refractivity contribution in [2.75, 3.05) is 5.32 Å². The van der Waals surface area contributed by atoms with Crippen molar-refractivity contribution in [3.05, 3.63) is 63.8 Å². The fourth-order valence-electron chi connectivity index (χ4n) is 2.50. The smallest absolute Gasteiger partial charge is 0.228 e. The van der Waals surface area contributed by atoms with E-state index in [2.05, 4.69) is 10.3 Å². The van der Waals surface area contributed by atoms with E-state index < -0.39 is 0 Å². The molecule has 1 heterocycles. The maximum Gasteiger partial charge on any atom is 0.228 e. The molecule has 3 rings (SSSR count). The van der Waals surface area contributed by atoms with Crippen molar-refractivity contribution in [2.45, 2.75) is 13.3 Å². The third-order valence-corrected chi connectivity index (χ3v) is 4.31. The van der Waals surface area contributed by atoms with E-state index in [4.69, 9.17) is 23.2 Å². The van der Waals surface area contributed by atoms with E-state index in [1.165, 1.54) is 0 Å². The van der Waals surface area contributed by atoms with Gasteiger partial charge in [0.15, 0.2) is 0 Å². The third kappa shape index (κ3) is 2.96. The van der Waals surface area contributed by atoms with Crippen LogP contribution in [0, 0.1) is 6.92 Å². The molecule has 0 bridgehead atoms. The molecule has 1 amide bonds. The van der Waals surface area contributed by atoms with E-state index in [9.17, 15) is 4.79 Å². The zero-order chi connectivity index (χ0) is 15.7. The van der Waals surface area contributed by atoms with Crippen molar-refractivity contribution < 1.29 is 4.79 Å². The van der Waals surface area contributed by atoms with Crippen LogP contribution in [0.5, 0.6) is 0 Å². The molecule has 5 heteroatoms. The Kier molecular flexibility index (Phi) is 4.10. The van der Waals surface area contributed by atoms with Crippen LogP contribution in [0.1, 0.15) is 11.3 Å². The molecule has 0 radical (unpaired) electrons. The van der Waals surface area contributed by atoms with Gasteiger partial charge in [-0.25, -0.2) is 0 Å². The number of carbonyl (C=O) groups is 1. The summed E-state index contributed by atoms with van der Waals surface area (Å²) in [5, 5.41) is 4.80. The first-order chi connectivity index (χ1) is 10.5. The highest BCUT2D eigenvalue weighted by Gasteiger charge is 2.12. The SMILES string of the molecule is Cc1[nH]c2ccccc2c1CC(=O)Nc1ccc(Cl)c(Cl)c1. The molecule has 0 saturated carbocycles. The van der Waals surface area contributed by atoms with Crippen LogP contribution in [0.15, 0.2) is 42.5 Å². The molecule has 22 heavy (non-hydrogen) atoms. The second-order valence-electron chi connectivity index (χ2n) is 5.13. The van der Waals surface area contributed by atoms with Gasteiger partial charge in [0.1, 0.15) is 0 Å². The molecule has 3 aromatic rings. The van der Waals surface area contributed by atoms with Crippen LogP contribution in [0.3, 0.4) is 0 Å². The Balaban J connectivity index is 1.81. The maximum atomic E-state index is 12.3. The summed E-state index contributed by atoms with van der Waals surface area (Å²) < 4.78 is 0. The summed E-state index contributed by atoms with van der Waals surface area (Å²) in [4.78, 5) is 15.6. The summed E-state index contributed by atoms with van der Waals surface area (Å²) in [5.74, 6) is -0.0914. The van der Waals surface area contributed by atoms with Crippen molar-refractivity contribution in [1.82, 2.24) is 4.98 Å². The van der Waals surface area contributed by atoms with Gasteiger partial charge in [0.05, 0.1) is 16.5 Å². The number of H-pyrrole nitrogens is 1. The molecule has 1 aromatic heterocycles. The van der Waals surface area contributed by atoms with Gasteiger partial charge in [-0.15, -0.1) is 0 Å². The van der Waals surface area contributed by atoms with Gasteiger partial charge in [0.25, 0.3) is 0 Å². The number of carbonyl (C=O) groups excluding carboxylic acids is 1. The molecule has 2 aromatic carbocycles. The molecule has 0 aliphatic heterocycles. The van der Waals surface area contributed by atoms with Crippen LogP contribution in [0.2, 0.25) is 10.0 Å². The number of hydrogen-bond donors (Lipinski definition) is 2. The first kappa shape index (κ1) is 14.9. The Morgan fingerprint density at radius 2 is 1.91 bits per heavy atom. The van der Waals surface area contributed by atoms with Gasteiger partial charge in [-0.05, 0) is 36.8 Å². The van der Waals surface area contributed by atoms with Gasteiger partial charge in [-0.1, -0.05) is 41.4 Å². The number of amides is 1. The molecule has 0 aliphatic rings. The number of hydrogen-bond acceptors (Lipinski definition) is 1. The average molecular weight is 333 g/mol. The van der Waals surface area contributed by atoms with Gasteiger partial charge >= 0.3 is 0 Å². The zero-order valence-corrected chi connectivity index (χ0v) is 13.4. The Hall–Kier alpha value is -1.97. The first-order valence-electron chi connectivity index (χ1n) is 6.85. The van der Waals surface area contributed by atoms with E-state index in [0.717, 1.165) is 22.2 Å². The summed E-state index contributed by atoms with van der Waals surface area (Å²) >= 11 is 11.8. The second-order valence-corrected chi connectivity index (χ2v) is 5.94.